The quantitative estimate of drug-likeness (QED) is 0.342. The van der Waals surface area contributed by atoms with E-state index in [2.05, 4.69) is 47.4 Å². The van der Waals surface area contributed by atoms with Crippen molar-refractivity contribution in [2.45, 2.75) is 19.6 Å². The molecule has 0 aliphatic carbocycles. The number of nitrogens with one attached hydrogen (secondary N) is 1. The number of aromatic nitrogens is 1. The van der Waals surface area contributed by atoms with Crippen molar-refractivity contribution in [1.82, 2.24) is 4.98 Å². The molecule has 0 fully saturated rings. The Bertz CT molecular complexity index is 1050. The van der Waals surface area contributed by atoms with Crippen LogP contribution in [0.15, 0.2) is 74.2 Å². The summed E-state index contributed by atoms with van der Waals surface area (Å²) in [5.74, 6) is 0. The second kappa shape index (κ2) is 4.72. The summed E-state index contributed by atoms with van der Waals surface area (Å²) in [5.41, 5.74) is 2.35. The summed E-state index contributed by atoms with van der Waals surface area (Å²) in [6, 6.07) is 19.0. The van der Waals surface area contributed by atoms with Gasteiger partial charge in [-0.25, -0.2) is 0 Å². The Labute approximate surface area is 141 Å². The van der Waals surface area contributed by atoms with E-state index in [1.165, 1.54) is 35.9 Å². The van der Waals surface area contributed by atoms with Gasteiger partial charge in [0.05, 0.1) is 10.4 Å². The Kier molecular flexibility index (Phi) is 2.78. The van der Waals surface area contributed by atoms with Crippen LogP contribution in [0.3, 0.4) is 0 Å². The van der Waals surface area contributed by atoms with Gasteiger partial charge in [0, 0.05) is 36.0 Å². The van der Waals surface area contributed by atoms with E-state index in [-0.39, 0.29) is 0 Å². The molecule has 106 valence electrons. The molecule has 1 aromatic heterocycles. The molecule has 4 aromatic rings. The molecule has 0 amide bonds. The summed E-state index contributed by atoms with van der Waals surface area (Å²) in [7, 11) is 0. The fourth-order valence-corrected chi connectivity index (χ4v) is 5.45. The maximum atomic E-state index is 6.16. The molecule has 0 bridgehead atoms. The maximum Gasteiger partial charge on any atom is 0.0618 e. The van der Waals surface area contributed by atoms with E-state index in [0.717, 1.165) is 10.5 Å². The average Bonchev–Trinajstić information content (AvgIpc) is 2.91. The third-order valence-corrected chi connectivity index (χ3v) is 6.77. The van der Waals surface area contributed by atoms with Gasteiger partial charge in [-0.05, 0) is 36.4 Å². The zero-order valence-corrected chi connectivity index (χ0v) is 13.8. The number of fused-ring (bicyclic) bond motifs is 6. The third kappa shape index (κ3) is 1.83. The minimum atomic E-state index is 0.776. The van der Waals surface area contributed by atoms with E-state index >= 15 is 0 Å². The zero-order chi connectivity index (χ0) is 14.7. The summed E-state index contributed by atoms with van der Waals surface area (Å²) < 4.78 is 0. The Morgan fingerprint density at radius 1 is 0.773 bits per heavy atom. The highest BCUT2D eigenvalue weighted by molar-refractivity contribution is 8.05. The van der Waals surface area contributed by atoms with E-state index < -0.39 is 0 Å². The predicted molar refractivity (Wildman–Crippen MR) is 95.5 cm³/mol. The Morgan fingerprint density at radius 2 is 1.59 bits per heavy atom. The Balaban J connectivity index is 1.82. The number of benzene rings is 3. The predicted octanol–water partition coefficient (Wildman–Crippen LogP) is 6.59. The Hall–Kier alpha value is -1.55. The third-order valence-electron chi connectivity index (χ3n) is 3.93. The largest absolute Gasteiger partial charge is 0.354 e. The number of halogens is 1. The summed E-state index contributed by atoms with van der Waals surface area (Å²) >= 11 is 9.85. The highest BCUT2D eigenvalue weighted by Gasteiger charge is 2.20. The summed E-state index contributed by atoms with van der Waals surface area (Å²) in [6.07, 6.45) is 0. The van der Waals surface area contributed by atoms with Crippen LogP contribution in [0.1, 0.15) is 0 Å². The minimum absolute atomic E-state index is 0.776. The van der Waals surface area contributed by atoms with Crippen molar-refractivity contribution in [3.05, 3.63) is 59.6 Å². The highest BCUT2D eigenvalue weighted by Crippen LogP contribution is 2.51. The second-order valence-corrected chi connectivity index (χ2v) is 7.85. The summed E-state index contributed by atoms with van der Waals surface area (Å²) in [5, 5.41) is 3.21. The van der Waals surface area contributed by atoms with Gasteiger partial charge in [0.2, 0.25) is 0 Å². The Morgan fingerprint density at radius 3 is 2.45 bits per heavy atom. The highest BCUT2D eigenvalue weighted by atomic mass is 35.5. The monoisotopic (exact) mass is 339 g/mol. The molecule has 1 nitrogen and oxygen atoms in total. The average molecular weight is 340 g/mol. The fourth-order valence-electron chi connectivity index (χ4n) is 2.92. The van der Waals surface area contributed by atoms with Crippen LogP contribution in [0.4, 0.5) is 0 Å². The van der Waals surface area contributed by atoms with Crippen molar-refractivity contribution in [2.24, 2.45) is 0 Å². The zero-order valence-electron chi connectivity index (χ0n) is 11.4. The molecule has 4 heteroatoms. The number of hydrogen-bond donors (Lipinski definition) is 1. The van der Waals surface area contributed by atoms with Crippen LogP contribution in [0.25, 0.3) is 21.8 Å². The van der Waals surface area contributed by atoms with Crippen molar-refractivity contribution in [2.75, 3.05) is 0 Å². The molecule has 2 heterocycles. The molecule has 5 rings (SSSR count). The lowest BCUT2D eigenvalue weighted by atomic mass is 10.1. The molecule has 0 spiro atoms. The van der Waals surface area contributed by atoms with E-state index in [4.69, 9.17) is 11.6 Å². The van der Waals surface area contributed by atoms with E-state index in [9.17, 15) is 0 Å². The van der Waals surface area contributed by atoms with Crippen LogP contribution in [0.2, 0.25) is 5.02 Å². The van der Waals surface area contributed by atoms with Gasteiger partial charge >= 0.3 is 0 Å². The van der Waals surface area contributed by atoms with Crippen molar-refractivity contribution in [1.29, 1.82) is 0 Å². The smallest absolute Gasteiger partial charge is 0.0618 e. The normalized spacial score (nSPS) is 13.3. The lowest BCUT2D eigenvalue weighted by Gasteiger charge is -2.18. The number of rotatable bonds is 0. The molecule has 1 aliphatic rings. The lowest BCUT2D eigenvalue weighted by Crippen LogP contribution is -1.89. The summed E-state index contributed by atoms with van der Waals surface area (Å²) in [4.78, 5) is 8.85. The van der Waals surface area contributed by atoms with Crippen molar-refractivity contribution >= 4 is 56.9 Å². The molecule has 0 atom stereocenters. The standard InChI is InChI=1S/C18H10ClNS2/c19-10-5-7-13-12(9-10)11-6-8-16-18(17(11)20-13)22-15-4-2-1-3-14(15)21-16/h1-9,20H. The minimum Gasteiger partial charge on any atom is -0.354 e. The van der Waals surface area contributed by atoms with E-state index in [1.54, 1.807) is 0 Å². The maximum absolute atomic E-state index is 6.16. The van der Waals surface area contributed by atoms with Crippen LogP contribution in [-0.2, 0) is 0 Å². The first-order valence-corrected chi connectivity index (χ1v) is 8.99. The molecule has 22 heavy (non-hydrogen) atoms. The topological polar surface area (TPSA) is 15.8 Å². The second-order valence-electron chi connectivity index (χ2n) is 5.28. The molecule has 0 radical (unpaired) electrons. The van der Waals surface area contributed by atoms with Gasteiger partial charge in [-0.3, -0.25) is 0 Å². The van der Waals surface area contributed by atoms with Crippen LogP contribution >= 0.6 is 35.1 Å². The van der Waals surface area contributed by atoms with Gasteiger partial charge in [0.1, 0.15) is 0 Å². The molecule has 0 saturated heterocycles. The van der Waals surface area contributed by atoms with Crippen LogP contribution in [-0.4, -0.2) is 4.98 Å². The van der Waals surface area contributed by atoms with E-state index in [1.807, 2.05) is 35.7 Å². The summed E-state index contributed by atoms with van der Waals surface area (Å²) in [6.45, 7) is 0. The first kappa shape index (κ1) is 12.9. The van der Waals surface area contributed by atoms with Crippen molar-refractivity contribution in [3.8, 4) is 0 Å². The van der Waals surface area contributed by atoms with Crippen molar-refractivity contribution in [3.63, 3.8) is 0 Å². The van der Waals surface area contributed by atoms with Gasteiger partial charge in [-0.2, -0.15) is 0 Å². The van der Waals surface area contributed by atoms with Gasteiger partial charge in [-0.1, -0.05) is 53.3 Å². The molecule has 0 unspecified atom stereocenters. The molecular formula is C18H10ClNS2. The van der Waals surface area contributed by atoms with Gasteiger partial charge in [-0.15, -0.1) is 0 Å². The molecular weight excluding hydrogens is 330 g/mol. The molecule has 1 aliphatic heterocycles. The molecule has 0 saturated carbocycles. The first-order chi connectivity index (χ1) is 10.8. The van der Waals surface area contributed by atoms with Gasteiger partial charge < -0.3 is 4.98 Å². The number of hydrogen-bond acceptors (Lipinski definition) is 2. The van der Waals surface area contributed by atoms with Crippen molar-refractivity contribution < 1.29 is 0 Å². The van der Waals surface area contributed by atoms with Crippen LogP contribution in [0, 0.1) is 0 Å². The van der Waals surface area contributed by atoms with E-state index in [0.29, 0.717) is 0 Å². The lowest BCUT2D eigenvalue weighted by molar-refractivity contribution is 1.17. The molecule has 3 aromatic carbocycles. The number of H-pyrrole nitrogens is 1. The van der Waals surface area contributed by atoms with Gasteiger partial charge in [0.25, 0.3) is 0 Å². The fraction of sp³-hybridized carbons (Fsp3) is 0. The van der Waals surface area contributed by atoms with Crippen LogP contribution < -0.4 is 0 Å². The van der Waals surface area contributed by atoms with Crippen LogP contribution in [0.5, 0.6) is 0 Å². The SMILES string of the molecule is Clc1ccc2[nH]c3c4c(ccc3c2c1)Sc1ccccc1S4. The molecule has 1 N–H and O–H groups in total. The van der Waals surface area contributed by atoms with Gasteiger partial charge in [0.15, 0.2) is 0 Å². The number of aromatic amines is 1. The first-order valence-electron chi connectivity index (χ1n) is 6.98.